The first-order valence-corrected chi connectivity index (χ1v) is 6.05. The van der Waals surface area contributed by atoms with Crippen LogP contribution < -0.4 is 4.90 Å². The SMILES string of the molecule is COC(=O)c1ccccc1N(C)C(=O)c1occc1C. The maximum absolute atomic E-state index is 12.4. The van der Waals surface area contributed by atoms with Crippen molar-refractivity contribution in [3.63, 3.8) is 0 Å². The molecule has 0 saturated heterocycles. The Morgan fingerprint density at radius 3 is 2.50 bits per heavy atom. The maximum atomic E-state index is 12.4. The number of ether oxygens (including phenoxy) is 1. The fraction of sp³-hybridized carbons (Fsp3) is 0.200. The third kappa shape index (κ3) is 2.42. The molecule has 20 heavy (non-hydrogen) atoms. The van der Waals surface area contributed by atoms with E-state index < -0.39 is 5.97 Å². The molecule has 5 nitrogen and oxygen atoms in total. The number of benzene rings is 1. The Morgan fingerprint density at radius 2 is 1.90 bits per heavy atom. The summed E-state index contributed by atoms with van der Waals surface area (Å²) in [6.07, 6.45) is 1.46. The Kier molecular flexibility index (Phi) is 3.89. The van der Waals surface area contributed by atoms with Gasteiger partial charge >= 0.3 is 5.97 Å². The fourth-order valence-electron chi connectivity index (χ4n) is 1.90. The van der Waals surface area contributed by atoms with Gasteiger partial charge in [-0.25, -0.2) is 4.79 Å². The van der Waals surface area contributed by atoms with Crippen molar-refractivity contribution in [1.29, 1.82) is 0 Å². The third-order valence-corrected chi connectivity index (χ3v) is 3.03. The van der Waals surface area contributed by atoms with Gasteiger partial charge in [0.05, 0.1) is 24.6 Å². The van der Waals surface area contributed by atoms with Gasteiger partial charge in [0, 0.05) is 12.6 Å². The number of para-hydroxylation sites is 1. The Labute approximate surface area is 116 Å². The second-order valence-electron chi connectivity index (χ2n) is 4.31. The van der Waals surface area contributed by atoms with Crippen LogP contribution in [0.25, 0.3) is 0 Å². The highest BCUT2D eigenvalue weighted by Gasteiger charge is 2.22. The fourth-order valence-corrected chi connectivity index (χ4v) is 1.90. The monoisotopic (exact) mass is 273 g/mol. The third-order valence-electron chi connectivity index (χ3n) is 3.03. The molecular weight excluding hydrogens is 258 g/mol. The number of methoxy groups -OCH3 is 1. The predicted octanol–water partition coefficient (Wildman–Crippen LogP) is 2.65. The van der Waals surface area contributed by atoms with Crippen molar-refractivity contribution in [1.82, 2.24) is 0 Å². The van der Waals surface area contributed by atoms with E-state index in [2.05, 4.69) is 0 Å². The van der Waals surface area contributed by atoms with Gasteiger partial charge in [-0.1, -0.05) is 12.1 Å². The van der Waals surface area contributed by atoms with Crippen LogP contribution in [0.3, 0.4) is 0 Å². The molecule has 0 aliphatic rings. The second kappa shape index (κ2) is 5.61. The van der Waals surface area contributed by atoms with Crippen molar-refractivity contribution in [2.45, 2.75) is 6.92 Å². The van der Waals surface area contributed by atoms with Gasteiger partial charge in [0.1, 0.15) is 0 Å². The summed E-state index contributed by atoms with van der Waals surface area (Å²) >= 11 is 0. The van der Waals surface area contributed by atoms with Crippen molar-refractivity contribution < 1.29 is 18.7 Å². The molecule has 1 amide bonds. The number of amides is 1. The molecule has 0 aliphatic carbocycles. The van der Waals surface area contributed by atoms with Gasteiger partial charge in [0.15, 0.2) is 5.76 Å². The molecule has 1 aromatic carbocycles. The Hall–Kier alpha value is -2.56. The number of esters is 1. The lowest BCUT2D eigenvalue weighted by atomic mass is 10.1. The largest absolute Gasteiger partial charge is 0.465 e. The van der Waals surface area contributed by atoms with Crippen LogP contribution in [-0.2, 0) is 4.74 Å². The van der Waals surface area contributed by atoms with Crippen LogP contribution in [0.1, 0.15) is 26.5 Å². The number of hydrogen-bond acceptors (Lipinski definition) is 4. The average Bonchev–Trinajstić information content (AvgIpc) is 2.91. The zero-order valence-corrected chi connectivity index (χ0v) is 11.5. The molecule has 0 radical (unpaired) electrons. The lowest BCUT2D eigenvalue weighted by molar-refractivity contribution is 0.0601. The zero-order chi connectivity index (χ0) is 14.7. The number of aryl methyl sites for hydroxylation is 1. The van der Waals surface area contributed by atoms with Gasteiger partial charge in [-0.3, -0.25) is 4.79 Å². The smallest absolute Gasteiger partial charge is 0.339 e. The number of furan rings is 1. The van der Waals surface area contributed by atoms with Crippen LogP contribution in [0.4, 0.5) is 5.69 Å². The zero-order valence-electron chi connectivity index (χ0n) is 11.5. The highest BCUT2D eigenvalue weighted by atomic mass is 16.5. The molecule has 1 aromatic heterocycles. The molecule has 0 fully saturated rings. The molecule has 0 N–H and O–H groups in total. The van der Waals surface area contributed by atoms with E-state index in [0.717, 1.165) is 5.56 Å². The summed E-state index contributed by atoms with van der Waals surface area (Å²) in [5.74, 6) is -0.549. The van der Waals surface area contributed by atoms with E-state index >= 15 is 0 Å². The normalized spacial score (nSPS) is 10.2. The lowest BCUT2D eigenvalue weighted by Gasteiger charge is -2.19. The number of carbonyl (C=O) groups is 2. The first kappa shape index (κ1) is 13.9. The van der Waals surface area contributed by atoms with Gasteiger partial charge in [-0.2, -0.15) is 0 Å². The molecule has 0 saturated carbocycles. The molecule has 2 rings (SSSR count). The number of nitrogens with zero attached hydrogens (tertiary/aromatic N) is 1. The minimum atomic E-state index is -0.489. The molecule has 0 bridgehead atoms. The Bertz CT molecular complexity index is 645. The predicted molar refractivity (Wildman–Crippen MR) is 74.0 cm³/mol. The van der Waals surface area contributed by atoms with E-state index in [0.29, 0.717) is 11.3 Å². The molecule has 0 atom stereocenters. The van der Waals surface area contributed by atoms with E-state index in [1.807, 2.05) is 0 Å². The quantitative estimate of drug-likeness (QED) is 0.807. The first-order valence-electron chi connectivity index (χ1n) is 6.05. The summed E-state index contributed by atoms with van der Waals surface area (Å²) in [6, 6.07) is 8.47. The van der Waals surface area contributed by atoms with Gasteiger partial charge in [-0.15, -0.1) is 0 Å². The molecule has 5 heteroatoms. The molecule has 0 aliphatic heterocycles. The van der Waals surface area contributed by atoms with Crippen molar-refractivity contribution in [2.75, 3.05) is 19.1 Å². The summed E-state index contributed by atoms with van der Waals surface area (Å²) in [6.45, 7) is 1.79. The minimum Gasteiger partial charge on any atom is -0.465 e. The number of rotatable bonds is 3. The number of hydrogen-bond donors (Lipinski definition) is 0. The highest BCUT2D eigenvalue weighted by molar-refractivity contribution is 6.08. The van der Waals surface area contributed by atoms with Crippen molar-refractivity contribution in [3.8, 4) is 0 Å². The van der Waals surface area contributed by atoms with Crippen LogP contribution in [0.2, 0.25) is 0 Å². The summed E-state index contributed by atoms with van der Waals surface area (Å²) < 4.78 is 9.91. The molecule has 2 aromatic rings. The highest BCUT2D eigenvalue weighted by Crippen LogP contribution is 2.23. The standard InChI is InChI=1S/C15H15NO4/c1-10-8-9-20-13(10)14(17)16(2)12-7-5-4-6-11(12)15(18)19-3/h4-9H,1-3H3. The van der Waals surface area contributed by atoms with Crippen LogP contribution in [0.15, 0.2) is 41.0 Å². The summed E-state index contributed by atoms with van der Waals surface area (Å²) in [5, 5.41) is 0. The lowest BCUT2D eigenvalue weighted by Crippen LogP contribution is -2.28. The molecular formula is C15H15NO4. The molecule has 0 spiro atoms. The first-order chi connectivity index (χ1) is 9.56. The maximum Gasteiger partial charge on any atom is 0.339 e. The topological polar surface area (TPSA) is 59.8 Å². The molecule has 1 heterocycles. The number of carbonyl (C=O) groups excluding carboxylic acids is 2. The molecule has 0 unspecified atom stereocenters. The summed E-state index contributed by atoms with van der Waals surface area (Å²) in [5.41, 5.74) is 1.55. The van der Waals surface area contributed by atoms with Crippen molar-refractivity contribution in [3.05, 3.63) is 53.5 Å². The molecule has 104 valence electrons. The van der Waals surface area contributed by atoms with Crippen LogP contribution >= 0.6 is 0 Å². The summed E-state index contributed by atoms with van der Waals surface area (Å²) in [7, 11) is 2.89. The van der Waals surface area contributed by atoms with Gasteiger partial charge in [0.25, 0.3) is 5.91 Å². The van der Waals surface area contributed by atoms with E-state index in [4.69, 9.17) is 9.15 Å². The Morgan fingerprint density at radius 1 is 1.20 bits per heavy atom. The average molecular weight is 273 g/mol. The minimum absolute atomic E-state index is 0.257. The van der Waals surface area contributed by atoms with Gasteiger partial charge < -0.3 is 14.1 Å². The van der Waals surface area contributed by atoms with E-state index in [1.165, 1.54) is 18.3 Å². The van der Waals surface area contributed by atoms with Crippen LogP contribution in [0.5, 0.6) is 0 Å². The van der Waals surface area contributed by atoms with Gasteiger partial charge in [-0.05, 0) is 25.1 Å². The number of anilines is 1. The van der Waals surface area contributed by atoms with E-state index in [1.54, 1.807) is 44.3 Å². The van der Waals surface area contributed by atoms with Crippen molar-refractivity contribution >= 4 is 17.6 Å². The van der Waals surface area contributed by atoms with Crippen molar-refractivity contribution in [2.24, 2.45) is 0 Å². The summed E-state index contributed by atoms with van der Waals surface area (Å²) in [4.78, 5) is 25.5. The van der Waals surface area contributed by atoms with E-state index in [9.17, 15) is 9.59 Å². The van der Waals surface area contributed by atoms with Crippen LogP contribution in [0, 0.1) is 6.92 Å². The van der Waals surface area contributed by atoms with Gasteiger partial charge in [0.2, 0.25) is 0 Å². The van der Waals surface area contributed by atoms with Crippen LogP contribution in [-0.4, -0.2) is 26.0 Å². The Balaban J connectivity index is 2.39. The second-order valence-corrected chi connectivity index (χ2v) is 4.31. The van der Waals surface area contributed by atoms with E-state index in [-0.39, 0.29) is 11.7 Å².